The largest absolute Gasteiger partial charge is 0.491 e. The van der Waals surface area contributed by atoms with Crippen LogP contribution in [-0.4, -0.2) is 27.2 Å². The molecule has 0 atom stereocenters. The second-order valence-electron chi connectivity index (χ2n) is 3.59. The Balaban J connectivity index is 2.03. The monoisotopic (exact) mass is 250 g/mol. The highest BCUT2D eigenvalue weighted by atomic mass is 19.1. The number of aromatic nitrogens is 2. The van der Waals surface area contributed by atoms with Crippen LogP contribution in [0.3, 0.4) is 0 Å². The number of carbonyl (C=O) groups is 1. The lowest BCUT2D eigenvalue weighted by Crippen LogP contribution is -2.09. The lowest BCUT2D eigenvalue weighted by atomic mass is 10.2. The third-order valence-electron chi connectivity index (χ3n) is 2.34. The van der Waals surface area contributed by atoms with Gasteiger partial charge in [-0.15, -0.1) is 0 Å². The first-order valence-electron chi connectivity index (χ1n) is 5.28. The molecule has 5 nitrogen and oxygen atoms in total. The number of benzene rings is 1. The van der Waals surface area contributed by atoms with Gasteiger partial charge in [-0.3, -0.25) is 0 Å². The summed E-state index contributed by atoms with van der Waals surface area (Å²) in [5.41, 5.74) is -0.0537. The van der Waals surface area contributed by atoms with Crippen LogP contribution in [0.25, 0.3) is 0 Å². The molecule has 1 aromatic carbocycles. The maximum atomic E-state index is 13.0. The lowest BCUT2D eigenvalue weighted by Gasteiger charge is -2.09. The number of hydrogen-bond acceptors (Lipinski definition) is 3. The smallest absolute Gasteiger partial charge is 0.339 e. The van der Waals surface area contributed by atoms with Gasteiger partial charge in [0, 0.05) is 18.5 Å². The third kappa shape index (κ3) is 2.85. The zero-order valence-corrected chi connectivity index (χ0v) is 9.41. The van der Waals surface area contributed by atoms with E-state index < -0.39 is 11.8 Å². The SMILES string of the molecule is O=C(O)c1ccc(F)cc1OCCn1ccnc1. The van der Waals surface area contributed by atoms with E-state index >= 15 is 0 Å². The van der Waals surface area contributed by atoms with E-state index in [1.165, 1.54) is 6.07 Å². The molecule has 1 N–H and O–H groups in total. The van der Waals surface area contributed by atoms with Crippen molar-refractivity contribution in [2.45, 2.75) is 6.54 Å². The highest BCUT2D eigenvalue weighted by Crippen LogP contribution is 2.19. The average molecular weight is 250 g/mol. The van der Waals surface area contributed by atoms with Crippen LogP contribution in [0.5, 0.6) is 5.75 Å². The standard InChI is InChI=1S/C12H11FN2O3/c13-9-1-2-10(12(16)17)11(7-9)18-6-5-15-4-3-14-8-15/h1-4,7-8H,5-6H2,(H,16,17). The lowest BCUT2D eigenvalue weighted by molar-refractivity contribution is 0.0692. The highest BCUT2D eigenvalue weighted by molar-refractivity contribution is 5.90. The van der Waals surface area contributed by atoms with E-state index in [1.807, 2.05) is 0 Å². The molecule has 94 valence electrons. The van der Waals surface area contributed by atoms with Gasteiger partial charge in [-0.1, -0.05) is 0 Å². The maximum Gasteiger partial charge on any atom is 0.339 e. The van der Waals surface area contributed by atoms with Crippen LogP contribution < -0.4 is 4.74 Å². The topological polar surface area (TPSA) is 64.3 Å². The van der Waals surface area contributed by atoms with Crippen LogP contribution in [0.1, 0.15) is 10.4 Å². The van der Waals surface area contributed by atoms with Crippen molar-refractivity contribution in [3.63, 3.8) is 0 Å². The number of halogens is 1. The summed E-state index contributed by atoms with van der Waals surface area (Å²) >= 11 is 0. The summed E-state index contributed by atoms with van der Waals surface area (Å²) in [5, 5.41) is 8.92. The van der Waals surface area contributed by atoms with Gasteiger partial charge in [0.15, 0.2) is 0 Å². The van der Waals surface area contributed by atoms with E-state index in [0.29, 0.717) is 6.54 Å². The molecule has 0 aliphatic heterocycles. The summed E-state index contributed by atoms with van der Waals surface area (Å²) in [5.74, 6) is -1.65. The Kier molecular flexibility index (Phi) is 3.57. The zero-order valence-electron chi connectivity index (χ0n) is 9.41. The molecule has 0 saturated carbocycles. The van der Waals surface area contributed by atoms with Crippen molar-refractivity contribution in [1.82, 2.24) is 9.55 Å². The van der Waals surface area contributed by atoms with Gasteiger partial charge in [-0.2, -0.15) is 0 Å². The minimum absolute atomic E-state index is 0.0302. The number of aromatic carboxylic acids is 1. The summed E-state index contributed by atoms with van der Waals surface area (Å²) in [6.07, 6.45) is 5.00. The van der Waals surface area contributed by atoms with Gasteiger partial charge in [0.1, 0.15) is 23.7 Å². The van der Waals surface area contributed by atoms with E-state index in [-0.39, 0.29) is 17.9 Å². The Morgan fingerprint density at radius 1 is 1.50 bits per heavy atom. The quantitative estimate of drug-likeness (QED) is 0.878. The van der Waals surface area contributed by atoms with Crippen molar-refractivity contribution in [2.24, 2.45) is 0 Å². The molecule has 18 heavy (non-hydrogen) atoms. The molecule has 0 unspecified atom stereocenters. The summed E-state index contributed by atoms with van der Waals surface area (Å²) in [6, 6.07) is 3.34. The van der Waals surface area contributed by atoms with Crippen LogP contribution in [0, 0.1) is 5.82 Å². The van der Waals surface area contributed by atoms with Gasteiger partial charge in [-0.25, -0.2) is 14.2 Å². The molecule has 0 fully saturated rings. The first-order chi connectivity index (χ1) is 8.66. The number of carboxylic acids is 1. The van der Waals surface area contributed by atoms with E-state index in [9.17, 15) is 9.18 Å². The van der Waals surface area contributed by atoms with Crippen LogP contribution in [-0.2, 0) is 6.54 Å². The fraction of sp³-hybridized carbons (Fsp3) is 0.167. The predicted molar refractivity (Wildman–Crippen MR) is 61.1 cm³/mol. The minimum Gasteiger partial charge on any atom is -0.491 e. The van der Waals surface area contributed by atoms with E-state index in [4.69, 9.17) is 9.84 Å². The first kappa shape index (κ1) is 12.1. The Morgan fingerprint density at radius 2 is 2.33 bits per heavy atom. The molecule has 2 rings (SSSR count). The summed E-state index contributed by atoms with van der Waals surface area (Å²) in [4.78, 5) is 14.8. The minimum atomic E-state index is -1.15. The third-order valence-corrected chi connectivity index (χ3v) is 2.34. The maximum absolute atomic E-state index is 13.0. The second-order valence-corrected chi connectivity index (χ2v) is 3.59. The molecule has 0 spiro atoms. The molecule has 0 radical (unpaired) electrons. The molecule has 0 aliphatic carbocycles. The van der Waals surface area contributed by atoms with Crippen molar-refractivity contribution in [2.75, 3.05) is 6.61 Å². The fourth-order valence-electron chi connectivity index (χ4n) is 1.47. The number of nitrogens with zero attached hydrogens (tertiary/aromatic N) is 2. The van der Waals surface area contributed by atoms with Crippen molar-refractivity contribution in [3.05, 3.63) is 48.3 Å². The van der Waals surface area contributed by atoms with Crippen LogP contribution >= 0.6 is 0 Å². The number of ether oxygens (including phenoxy) is 1. The molecule has 0 amide bonds. The van der Waals surface area contributed by atoms with Gasteiger partial charge in [0.05, 0.1) is 12.9 Å². The highest BCUT2D eigenvalue weighted by Gasteiger charge is 2.12. The molecule has 6 heteroatoms. The van der Waals surface area contributed by atoms with E-state index in [1.54, 1.807) is 23.3 Å². The van der Waals surface area contributed by atoms with Crippen molar-refractivity contribution < 1.29 is 19.0 Å². The van der Waals surface area contributed by atoms with Crippen molar-refractivity contribution in [3.8, 4) is 5.75 Å². The Bertz CT molecular complexity index is 540. The van der Waals surface area contributed by atoms with Crippen LogP contribution in [0.15, 0.2) is 36.9 Å². The summed E-state index contributed by atoms with van der Waals surface area (Å²) in [6.45, 7) is 0.746. The molecule has 0 aliphatic rings. The summed E-state index contributed by atoms with van der Waals surface area (Å²) < 4.78 is 20.1. The number of imidazole rings is 1. The number of hydrogen-bond donors (Lipinski definition) is 1. The van der Waals surface area contributed by atoms with Crippen molar-refractivity contribution >= 4 is 5.97 Å². The molecule has 0 bridgehead atoms. The molecular formula is C12H11FN2O3. The number of carboxylic acid groups (broad SMARTS) is 1. The molecule has 1 aromatic heterocycles. The van der Waals surface area contributed by atoms with Gasteiger partial charge in [0.2, 0.25) is 0 Å². The van der Waals surface area contributed by atoms with Gasteiger partial charge < -0.3 is 14.4 Å². The fourth-order valence-corrected chi connectivity index (χ4v) is 1.47. The molecule has 2 aromatic rings. The number of rotatable bonds is 5. The predicted octanol–water partition coefficient (Wildman–Crippen LogP) is 1.80. The Hall–Kier alpha value is -2.37. The Morgan fingerprint density at radius 3 is 3.00 bits per heavy atom. The van der Waals surface area contributed by atoms with Crippen molar-refractivity contribution in [1.29, 1.82) is 0 Å². The molecular weight excluding hydrogens is 239 g/mol. The summed E-state index contributed by atoms with van der Waals surface area (Å²) in [7, 11) is 0. The van der Waals surface area contributed by atoms with Gasteiger partial charge >= 0.3 is 5.97 Å². The molecule has 0 saturated heterocycles. The van der Waals surface area contributed by atoms with E-state index in [0.717, 1.165) is 12.1 Å². The van der Waals surface area contributed by atoms with Crippen LogP contribution in [0.4, 0.5) is 4.39 Å². The zero-order chi connectivity index (χ0) is 13.0. The van der Waals surface area contributed by atoms with Gasteiger partial charge in [0.25, 0.3) is 0 Å². The average Bonchev–Trinajstić information content (AvgIpc) is 2.82. The molecule has 1 heterocycles. The Labute approximate surface area is 102 Å². The van der Waals surface area contributed by atoms with Gasteiger partial charge in [-0.05, 0) is 12.1 Å². The normalized spacial score (nSPS) is 10.3. The second kappa shape index (κ2) is 5.31. The van der Waals surface area contributed by atoms with E-state index in [2.05, 4.69) is 4.98 Å². The first-order valence-corrected chi connectivity index (χ1v) is 5.28. The van der Waals surface area contributed by atoms with Crippen LogP contribution in [0.2, 0.25) is 0 Å².